The second-order valence-corrected chi connectivity index (χ2v) is 6.24. The summed E-state index contributed by atoms with van der Waals surface area (Å²) in [5.41, 5.74) is 2.06. The molecule has 1 saturated heterocycles. The lowest BCUT2D eigenvalue weighted by molar-refractivity contribution is -0.940. The molecule has 24 heavy (non-hydrogen) atoms. The molecule has 2 N–H and O–H groups in total. The summed E-state index contributed by atoms with van der Waals surface area (Å²) in [4.78, 5) is 6.27. The smallest absolute Gasteiger partial charge is 0.136 e. The molecule has 1 aliphatic rings. The van der Waals surface area contributed by atoms with Gasteiger partial charge in [-0.25, -0.2) is 0 Å². The number of morpholine rings is 1. The van der Waals surface area contributed by atoms with Gasteiger partial charge in [-0.05, 0) is 19.1 Å². The summed E-state index contributed by atoms with van der Waals surface area (Å²) in [6, 6.07) is 18.3. The van der Waals surface area contributed by atoms with Gasteiger partial charge in [0.15, 0.2) is 0 Å². The van der Waals surface area contributed by atoms with Crippen molar-refractivity contribution in [3.05, 3.63) is 65.7 Å². The Morgan fingerprint density at radius 2 is 1.71 bits per heavy atom. The van der Waals surface area contributed by atoms with Crippen LogP contribution in [-0.2, 0) is 4.74 Å². The Labute approximate surface area is 143 Å². The zero-order valence-electron chi connectivity index (χ0n) is 14.1. The largest absolute Gasteiger partial charge is 0.507 e. The third-order valence-corrected chi connectivity index (χ3v) is 4.60. The minimum absolute atomic E-state index is 0.111. The van der Waals surface area contributed by atoms with E-state index in [0.717, 1.165) is 31.9 Å². The van der Waals surface area contributed by atoms with Crippen LogP contribution in [0.1, 0.15) is 24.1 Å². The van der Waals surface area contributed by atoms with Gasteiger partial charge in [0.05, 0.1) is 13.2 Å². The molecule has 0 bridgehead atoms. The first kappa shape index (κ1) is 16.7. The Bertz CT molecular complexity index is 666. The zero-order valence-corrected chi connectivity index (χ0v) is 14.1. The normalized spacial score (nSPS) is 18.5. The number of aliphatic imine (C=N–C) groups is 1. The van der Waals surface area contributed by atoms with Gasteiger partial charge in [0, 0.05) is 17.3 Å². The van der Waals surface area contributed by atoms with Crippen LogP contribution in [0, 0.1) is 0 Å². The second kappa shape index (κ2) is 8.08. The Morgan fingerprint density at radius 3 is 2.42 bits per heavy atom. The number of para-hydroxylation sites is 1. The van der Waals surface area contributed by atoms with Gasteiger partial charge in [-0.15, -0.1) is 0 Å². The van der Waals surface area contributed by atoms with E-state index < -0.39 is 0 Å². The molecule has 0 spiro atoms. The molecule has 0 aromatic heterocycles. The number of rotatable bonds is 5. The molecule has 2 aromatic carbocycles. The number of aromatic hydroxyl groups is 1. The summed E-state index contributed by atoms with van der Waals surface area (Å²) in [5.74, 6) is 0.267. The topological polar surface area (TPSA) is 46.3 Å². The van der Waals surface area contributed by atoms with E-state index in [2.05, 4.69) is 31.2 Å². The predicted octanol–water partition coefficient (Wildman–Crippen LogP) is 1.86. The van der Waals surface area contributed by atoms with Crippen LogP contribution in [0.15, 0.2) is 59.6 Å². The highest BCUT2D eigenvalue weighted by Gasteiger charge is 2.30. The molecular weight excluding hydrogens is 300 g/mol. The Morgan fingerprint density at radius 1 is 1.04 bits per heavy atom. The summed E-state index contributed by atoms with van der Waals surface area (Å²) >= 11 is 0. The van der Waals surface area contributed by atoms with Crippen LogP contribution in [0.3, 0.4) is 0 Å². The van der Waals surface area contributed by atoms with E-state index in [-0.39, 0.29) is 17.8 Å². The first-order valence-corrected chi connectivity index (χ1v) is 8.54. The van der Waals surface area contributed by atoms with Crippen LogP contribution < -0.4 is 4.90 Å². The van der Waals surface area contributed by atoms with Crippen molar-refractivity contribution in [3.8, 4) is 5.75 Å². The molecule has 2 atom stereocenters. The molecule has 0 unspecified atom stereocenters. The molecule has 1 aliphatic heterocycles. The van der Waals surface area contributed by atoms with Crippen molar-refractivity contribution < 1.29 is 14.7 Å². The first-order chi connectivity index (χ1) is 11.8. The molecule has 2 aromatic rings. The van der Waals surface area contributed by atoms with Crippen molar-refractivity contribution in [3.63, 3.8) is 0 Å². The first-order valence-electron chi connectivity index (χ1n) is 8.54. The number of hydrogen-bond donors (Lipinski definition) is 2. The van der Waals surface area contributed by atoms with Crippen molar-refractivity contribution in [2.24, 2.45) is 4.99 Å². The number of quaternary nitrogens is 1. The average molecular weight is 325 g/mol. The highest BCUT2D eigenvalue weighted by atomic mass is 16.5. The summed E-state index contributed by atoms with van der Waals surface area (Å²) in [6.45, 7) is 5.74. The lowest BCUT2D eigenvalue weighted by Gasteiger charge is -2.33. The van der Waals surface area contributed by atoms with Crippen molar-refractivity contribution in [2.45, 2.75) is 19.0 Å². The Hall–Kier alpha value is -2.17. The highest BCUT2D eigenvalue weighted by molar-refractivity contribution is 5.83. The fraction of sp³-hybridized carbons (Fsp3) is 0.350. The van der Waals surface area contributed by atoms with Crippen LogP contribution >= 0.6 is 0 Å². The zero-order chi connectivity index (χ0) is 16.8. The highest BCUT2D eigenvalue weighted by Crippen LogP contribution is 2.18. The molecule has 0 saturated carbocycles. The third-order valence-electron chi connectivity index (χ3n) is 4.60. The maximum absolute atomic E-state index is 9.91. The maximum atomic E-state index is 9.91. The number of benzene rings is 2. The number of ether oxygens (including phenoxy) is 1. The lowest BCUT2D eigenvalue weighted by Crippen LogP contribution is -3.15. The minimum Gasteiger partial charge on any atom is -0.507 e. The number of phenols is 1. The quantitative estimate of drug-likeness (QED) is 0.824. The van der Waals surface area contributed by atoms with Crippen LogP contribution in [0.2, 0.25) is 0 Å². The summed E-state index contributed by atoms with van der Waals surface area (Å²) < 4.78 is 5.52. The summed E-state index contributed by atoms with van der Waals surface area (Å²) in [5, 5.41) is 9.91. The fourth-order valence-corrected chi connectivity index (χ4v) is 3.34. The van der Waals surface area contributed by atoms with Crippen molar-refractivity contribution >= 4 is 6.21 Å². The van der Waals surface area contributed by atoms with Crippen LogP contribution in [0.5, 0.6) is 5.75 Å². The number of nitrogens with zero attached hydrogens (tertiary/aromatic N) is 1. The maximum Gasteiger partial charge on any atom is 0.136 e. The van der Waals surface area contributed by atoms with Crippen molar-refractivity contribution in [2.75, 3.05) is 26.3 Å². The van der Waals surface area contributed by atoms with Gasteiger partial charge in [0.2, 0.25) is 0 Å². The predicted molar refractivity (Wildman–Crippen MR) is 95.9 cm³/mol. The molecule has 0 aliphatic carbocycles. The van der Waals surface area contributed by atoms with Gasteiger partial charge >= 0.3 is 0 Å². The Balaban J connectivity index is 1.83. The minimum atomic E-state index is 0.111. The molecule has 0 radical (unpaired) electrons. The molecule has 126 valence electrons. The van der Waals surface area contributed by atoms with E-state index in [4.69, 9.17) is 9.73 Å². The summed E-state index contributed by atoms with van der Waals surface area (Å²) in [7, 11) is 0. The van der Waals surface area contributed by atoms with Crippen LogP contribution in [-0.4, -0.2) is 43.7 Å². The van der Waals surface area contributed by atoms with E-state index >= 15 is 0 Å². The monoisotopic (exact) mass is 325 g/mol. The van der Waals surface area contributed by atoms with E-state index in [1.165, 1.54) is 10.5 Å². The number of nitrogens with one attached hydrogen (secondary N) is 1. The standard InChI is InChI=1S/C20H24N2O2/c1-16(21-15-18-9-5-6-10-19(18)23)20(17-7-3-2-4-8-17)22-11-13-24-14-12-22/h2-10,15-16,20,23H,11-14H2,1H3/p+1/t16-,20-/m1/s1. The van der Waals surface area contributed by atoms with E-state index in [9.17, 15) is 5.11 Å². The Kier molecular flexibility index (Phi) is 5.62. The van der Waals surface area contributed by atoms with Crippen LogP contribution in [0.25, 0.3) is 0 Å². The molecule has 4 heteroatoms. The van der Waals surface area contributed by atoms with E-state index in [1.807, 2.05) is 24.3 Å². The third kappa shape index (κ3) is 4.02. The second-order valence-electron chi connectivity index (χ2n) is 6.24. The molecule has 1 fully saturated rings. The SMILES string of the molecule is C[C@@H](N=Cc1ccccc1O)[C@H](c1ccccc1)[NH+]1CCOCC1. The average Bonchev–Trinajstić information content (AvgIpc) is 2.63. The fourth-order valence-electron chi connectivity index (χ4n) is 3.34. The molecule has 3 rings (SSSR count). The van der Waals surface area contributed by atoms with Crippen LogP contribution in [0.4, 0.5) is 0 Å². The van der Waals surface area contributed by atoms with Gasteiger partial charge in [-0.2, -0.15) is 0 Å². The molecular formula is C20H25N2O2+. The summed E-state index contributed by atoms with van der Waals surface area (Å²) in [6.07, 6.45) is 1.79. The van der Waals surface area contributed by atoms with Gasteiger partial charge in [-0.3, -0.25) is 4.99 Å². The lowest BCUT2D eigenvalue weighted by atomic mass is 9.98. The number of phenolic OH excluding ortho intramolecular Hbond substituents is 1. The van der Waals surface area contributed by atoms with Crippen molar-refractivity contribution in [1.29, 1.82) is 0 Å². The van der Waals surface area contributed by atoms with Gasteiger partial charge in [0.1, 0.15) is 30.9 Å². The van der Waals surface area contributed by atoms with Gasteiger partial charge in [-0.1, -0.05) is 42.5 Å². The van der Waals surface area contributed by atoms with E-state index in [1.54, 1.807) is 12.3 Å². The van der Waals surface area contributed by atoms with Gasteiger partial charge in [0.25, 0.3) is 0 Å². The van der Waals surface area contributed by atoms with E-state index in [0.29, 0.717) is 0 Å². The molecule has 0 amide bonds. The molecule has 1 heterocycles. The number of hydrogen-bond acceptors (Lipinski definition) is 3. The molecule has 4 nitrogen and oxygen atoms in total. The van der Waals surface area contributed by atoms with Gasteiger partial charge < -0.3 is 14.7 Å². The van der Waals surface area contributed by atoms with Crippen molar-refractivity contribution in [1.82, 2.24) is 0 Å².